The molecule has 0 spiro atoms. The fraction of sp³-hybridized carbons (Fsp3) is 0.0882. The van der Waals surface area contributed by atoms with Crippen molar-refractivity contribution in [1.29, 1.82) is 0 Å². The lowest BCUT2D eigenvalue weighted by Crippen LogP contribution is -2.01. The highest BCUT2D eigenvalue weighted by molar-refractivity contribution is 5.98. The number of azide groups is 1. The van der Waals surface area contributed by atoms with Gasteiger partial charge < -0.3 is 30.6 Å². The van der Waals surface area contributed by atoms with Gasteiger partial charge in [0.25, 0.3) is 0 Å². The number of carboxylic acids is 3. The lowest BCUT2D eigenvalue weighted by Gasteiger charge is -2.06. The van der Waals surface area contributed by atoms with E-state index in [0.717, 1.165) is 18.2 Å². The Morgan fingerprint density at radius 2 is 1.09 bits per heavy atom. The monoisotopic (exact) mass is 734 g/mol. The number of phenolic OH excluding ortho intramolecular Hbond substituents is 3. The highest BCUT2D eigenvalue weighted by atomic mass is 16.4. The summed E-state index contributed by atoms with van der Waals surface area (Å²) >= 11 is 0. The number of pyridine rings is 1. The third-order valence-corrected chi connectivity index (χ3v) is 7.45. The molecule has 0 aliphatic carbocycles. The van der Waals surface area contributed by atoms with Crippen molar-refractivity contribution in [2.75, 3.05) is 0 Å². The number of carbonyl (C=O) groups is 4. The normalized spacial score (nSPS) is 10.5. The Hall–Kier alpha value is -8.12. The van der Waals surface area contributed by atoms with Gasteiger partial charge in [-0.3, -0.25) is 4.79 Å². The molecule has 0 radical (unpaired) electrons. The van der Waals surface area contributed by atoms with Crippen LogP contribution in [0.2, 0.25) is 0 Å². The van der Waals surface area contributed by atoms with Gasteiger partial charge in [-0.1, -0.05) is 22.5 Å². The highest BCUT2D eigenvalue weighted by Gasteiger charge is 2.19. The molecule has 272 valence electrons. The second-order valence-electron chi connectivity index (χ2n) is 11.1. The number of Topliss-reactive ketones (excluding diaryl/α,β-unsaturated/α-hetero) is 1. The number of rotatable bonds is 11. The summed E-state index contributed by atoms with van der Waals surface area (Å²) in [4.78, 5) is 52.7. The van der Waals surface area contributed by atoms with Gasteiger partial charge in [-0.15, -0.1) is 10.2 Å². The van der Waals surface area contributed by atoms with E-state index >= 15 is 0 Å². The van der Waals surface area contributed by atoms with Gasteiger partial charge in [0.15, 0.2) is 5.78 Å². The van der Waals surface area contributed by atoms with Crippen molar-refractivity contribution in [3.8, 4) is 51.4 Å². The summed E-state index contributed by atoms with van der Waals surface area (Å²) in [6.07, 6.45) is 3.84. The number of hydrogen-bond acceptors (Lipinski definition) is 13. The molecule has 20 nitrogen and oxygen atoms in total. The van der Waals surface area contributed by atoms with Gasteiger partial charge in [0.1, 0.15) is 40.0 Å². The summed E-state index contributed by atoms with van der Waals surface area (Å²) in [5.41, 5.74) is 9.59. The SMILES string of the molecule is CCCC(=O)c1cc(-c2cn(-c3ccc(C(=O)O)cc3O)nn2)nc(-c2cn(-c3ccc(C(=O)O)cc3O)nn2)c1.[N-]=[N+]=Nc1ccc(C(=O)O)cc1O. The van der Waals surface area contributed by atoms with E-state index in [1.807, 2.05) is 6.92 Å². The summed E-state index contributed by atoms with van der Waals surface area (Å²) < 4.78 is 2.50. The van der Waals surface area contributed by atoms with Crippen LogP contribution >= 0.6 is 0 Å². The molecule has 0 saturated carbocycles. The average molecular weight is 735 g/mol. The molecule has 0 bridgehead atoms. The predicted molar refractivity (Wildman–Crippen MR) is 185 cm³/mol. The minimum atomic E-state index is -1.19. The van der Waals surface area contributed by atoms with Crippen molar-refractivity contribution in [2.24, 2.45) is 5.11 Å². The number of benzene rings is 3. The summed E-state index contributed by atoms with van der Waals surface area (Å²) in [5.74, 6) is -4.67. The number of hydrogen-bond donors (Lipinski definition) is 6. The maximum absolute atomic E-state index is 12.9. The molecule has 0 unspecified atom stereocenters. The van der Waals surface area contributed by atoms with E-state index in [2.05, 4.69) is 35.6 Å². The Balaban J connectivity index is 0.000000365. The van der Waals surface area contributed by atoms with Crippen LogP contribution < -0.4 is 0 Å². The van der Waals surface area contributed by atoms with Gasteiger partial charge >= 0.3 is 17.9 Å². The molecule has 0 saturated heterocycles. The fourth-order valence-electron chi connectivity index (χ4n) is 4.81. The molecule has 6 N–H and O–H groups in total. The Labute approximate surface area is 302 Å². The highest BCUT2D eigenvalue weighted by Crippen LogP contribution is 2.29. The quantitative estimate of drug-likeness (QED) is 0.0420. The number of aromatic carboxylic acids is 3. The van der Waals surface area contributed by atoms with E-state index in [4.69, 9.17) is 26.0 Å². The number of carboxylic acid groups (broad SMARTS) is 3. The second-order valence-corrected chi connectivity index (χ2v) is 11.1. The largest absolute Gasteiger partial charge is 0.507 e. The summed E-state index contributed by atoms with van der Waals surface area (Å²) in [6.45, 7) is 1.88. The fourth-order valence-corrected chi connectivity index (χ4v) is 4.81. The van der Waals surface area contributed by atoms with Crippen LogP contribution in [0, 0.1) is 0 Å². The molecule has 0 aliphatic rings. The Morgan fingerprint density at radius 1 is 0.648 bits per heavy atom. The Morgan fingerprint density at radius 3 is 1.48 bits per heavy atom. The van der Waals surface area contributed by atoms with Gasteiger partial charge in [0, 0.05) is 16.9 Å². The van der Waals surface area contributed by atoms with E-state index in [9.17, 15) is 29.4 Å². The maximum atomic E-state index is 12.9. The molecule has 0 atom stereocenters. The summed E-state index contributed by atoms with van der Waals surface area (Å²) in [7, 11) is 0. The van der Waals surface area contributed by atoms with Crippen LogP contribution in [0.4, 0.5) is 5.69 Å². The van der Waals surface area contributed by atoms with Gasteiger partial charge in [0.05, 0.1) is 46.2 Å². The third-order valence-electron chi connectivity index (χ3n) is 7.45. The number of aromatic nitrogens is 7. The van der Waals surface area contributed by atoms with Crippen LogP contribution in [0.3, 0.4) is 0 Å². The first-order chi connectivity index (χ1) is 25.8. The molecule has 54 heavy (non-hydrogen) atoms. The van der Waals surface area contributed by atoms with E-state index in [1.165, 1.54) is 58.2 Å². The summed E-state index contributed by atoms with van der Waals surface area (Å²) in [5, 5.41) is 76.0. The zero-order valence-corrected chi connectivity index (χ0v) is 27.7. The minimum absolute atomic E-state index is 0.00694. The van der Waals surface area contributed by atoms with Gasteiger partial charge in [-0.25, -0.2) is 28.7 Å². The first-order valence-electron chi connectivity index (χ1n) is 15.4. The third kappa shape index (κ3) is 8.25. The topological polar surface area (TPSA) is 313 Å². The lowest BCUT2D eigenvalue weighted by atomic mass is 10.0. The van der Waals surface area contributed by atoms with Crippen LogP contribution in [0.1, 0.15) is 61.2 Å². The van der Waals surface area contributed by atoms with Crippen LogP contribution in [0.25, 0.3) is 44.6 Å². The standard InChI is InChI=1S/C27H21N7O7.C7H5N3O3/c1-2-3-23(35)16-8-17(19-12-33(31-29-19)21-6-4-14(26(38)39)10-24(21)36)28-18(9-16)20-13-34(32-30-20)22-7-5-15(27(40)41)11-25(22)37;8-10-9-5-2-1-4(7(12)13)3-6(5)11/h4-13,36-37H,2-3H2,1H3,(H,38,39)(H,40,41);1-3,11H,(H,12,13). The van der Waals surface area contributed by atoms with E-state index in [-0.39, 0.29) is 86.0 Å². The van der Waals surface area contributed by atoms with Gasteiger partial charge in [0.2, 0.25) is 0 Å². The van der Waals surface area contributed by atoms with E-state index < -0.39 is 17.9 Å². The van der Waals surface area contributed by atoms with Gasteiger partial charge in [-0.2, -0.15) is 0 Å². The van der Waals surface area contributed by atoms with Crippen molar-refractivity contribution in [2.45, 2.75) is 19.8 Å². The molecule has 0 fully saturated rings. The Kier molecular flexibility index (Phi) is 10.9. The molecule has 0 aliphatic heterocycles. The molecular formula is C34H26N10O10. The second kappa shape index (κ2) is 15.8. The molecule has 3 aromatic heterocycles. The van der Waals surface area contributed by atoms with Crippen LogP contribution in [-0.2, 0) is 0 Å². The number of aromatic hydroxyl groups is 3. The number of nitrogens with zero attached hydrogens (tertiary/aromatic N) is 10. The van der Waals surface area contributed by atoms with E-state index in [1.54, 1.807) is 12.1 Å². The number of carbonyl (C=O) groups excluding carboxylic acids is 1. The molecule has 6 rings (SSSR count). The van der Waals surface area contributed by atoms with Crippen molar-refractivity contribution in [3.05, 3.63) is 112 Å². The minimum Gasteiger partial charge on any atom is -0.507 e. The molecule has 6 aromatic rings. The van der Waals surface area contributed by atoms with Crippen molar-refractivity contribution < 1.29 is 49.8 Å². The molecule has 3 heterocycles. The van der Waals surface area contributed by atoms with Crippen molar-refractivity contribution in [3.63, 3.8) is 0 Å². The predicted octanol–water partition coefficient (Wildman–Crippen LogP) is 5.40. The zero-order chi connectivity index (χ0) is 39.1. The number of ketones is 1. The summed E-state index contributed by atoms with van der Waals surface area (Å²) in [6, 6.07) is 14.2. The van der Waals surface area contributed by atoms with E-state index in [0.29, 0.717) is 12.0 Å². The smallest absolute Gasteiger partial charge is 0.335 e. The van der Waals surface area contributed by atoms with Crippen LogP contribution in [-0.4, -0.2) is 89.3 Å². The van der Waals surface area contributed by atoms with Crippen molar-refractivity contribution >= 4 is 29.4 Å². The van der Waals surface area contributed by atoms with Crippen molar-refractivity contribution in [1.82, 2.24) is 35.0 Å². The number of phenols is 3. The first kappa shape index (κ1) is 37.1. The zero-order valence-electron chi connectivity index (χ0n) is 27.7. The first-order valence-corrected chi connectivity index (χ1v) is 15.4. The molecular weight excluding hydrogens is 708 g/mol. The maximum Gasteiger partial charge on any atom is 0.335 e. The molecule has 3 aromatic carbocycles. The lowest BCUT2D eigenvalue weighted by molar-refractivity contribution is 0.0685. The molecule has 0 amide bonds. The van der Waals surface area contributed by atoms with Crippen LogP contribution in [0.15, 0.2) is 84.2 Å². The Bertz CT molecular complexity index is 2370. The van der Waals surface area contributed by atoms with Gasteiger partial charge in [-0.05, 0) is 78.7 Å². The van der Waals surface area contributed by atoms with Crippen LogP contribution in [0.5, 0.6) is 17.2 Å². The molecule has 20 heteroatoms. The average Bonchev–Trinajstić information content (AvgIpc) is 3.84.